The van der Waals surface area contributed by atoms with E-state index >= 15 is 0 Å². The van der Waals surface area contributed by atoms with Gasteiger partial charge < -0.3 is 15.4 Å². The monoisotopic (exact) mass is 348 g/mol. The molecule has 1 amide bonds. The normalized spacial score (nSPS) is 12.1. The van der Waals surface area contributed by atoms with Gasteiger partial charge in [0.25, 0.3) is 0 Å². The maximum atomic E-state index is 12.0. The van der Waals surface area contributed by atoms with E-state index < -0.39 is 0 Å². The van der Waals surface area contributed by atoms with Crippen molar-refractivity contribution in [1.82, 2.24) is 5.32 Å². The number of anilines is 1. The van der Waals surface area contributed by atoms with E-state index in [1.54, 1.807) is 19.2 Å². The number of amides is 1. The van der Waals surface area contributed by atoms with Gasteiger partial charge in [0.15, 0.2) is 5.75 Å². The molecule has 1 aromatic rings. The van der Waals surface area contributed by atoms with E-state index in [2.05, 4.69) is 26.6 Å². The predicted octanol–water partition coefficient (Wildman–Crippen LogP) is 3.30. The van der Waals surface area contributed by atoms with E-state index in [-0.39, 0.29) is 11.8 Å². The summed E-state index contributed by atoms with van der Waals surface area (Å²) in [6, 6.07) is 3.39. The molecule has 2 N–H and O–H groups in total. The van der Waals surface area contributed by atoms with Gasteiger partial charge in [-0.15, -0.1) is 0 Å². The number of ether oxygens (including phenoxy) is 1. The molecule has 0 bridgehead atoms. The van der Waals surface area contributed by atoms with Crippen LogP contribution in [0.1, 0.15) is 13.8 Å². The van der Waals surface area contributed by atoms with Crippen LogP contribution in [0.15, 0.2) is 16.6 Å². The third kappa shape index (κ3) is 4.67. The Labute approximate surface area is 127 Å². The molecule has 4 nitrogen and oxygen atoms in total. The molecule has 0 saturated carbocycles. The van der Waals surface area contributed by atoms with Gasteiger partial charge in [0.1, 0.15) is 0 Å². The summed E-state index contributed by atoms with van der Waals surface area (Å²) >= 11 is 9.33. The average molecular weight is 350 g/mol. The van der Waals surface area contributed by atoms with Crippen molar-refractivity contribution in [2.24, 2.45) is 5.92 Å². The lowest BCUT2D eigenvalue weighted by Gasteiger charge is -2.15. The number of hydrogen-bond acceptors (Lipinski definition) is 3. The highest BCUT2D eigenvalue weighted by atomic mass is 79.9. The van der Waals surface area contributed by atoms with Crippen molar-refractivity contribution >= 4 is 39.1 Å². The molecule has 19 heavy (non-hydrogen) atoms. The Balaban J connectivity index is 2.84. The van der Waals surface area contributed by atoms with Crippen molar-refractivity contribution in [2.75, 3.05) is 25.5 Å². The van der Waals surface area contributed by atoms with Crippen LogP contribution < -0.4 is 15.4 Å². The fourth-order valence-electron chi connectivity index (χ4n) is 1.57. The summed E-state index contributed by atoms with van der Waals surface area (Å²) in [5.41, 5.74) is 0.565. The van der Waals surface area contributed by atoms with Gasteiger partial charge in [0, 0.05) is 17.5 Å². The lowest BCUT2D eigenvalue weighted by molar-refractivity contribution is -0.119. The molecule has 1 rings (SSSR count). The fourth-order valence-corrected chi connectivity index (χ4v) is 2.54. The first-order valence-electron chi connectivity index (χ1n) is 6.04. The molecule has 0 radical (unpaired) electrons. The number of methoxy groups -OCH3 is 1. The van der Waals surface area contributed by atoms with Crippen molar-refractivity contribution in [3.63, 3.8) is 0 Å². The van der Waals surface area contributed by atoms with Crippen LogP contribution in [0.5, 0.6) is 5.75 Å². The van der Waals surface area contributed by atoms with Crippen molar-refractivity contribution < 1.29 is 9.53 Å². The minimum atomic E-state index is -0.137. The van der Waals surface area contributed by atoms with E-state index in [1.807, 2.05) is 13.8 Å². The zero-order valence-corrected chi connectivity index (χ0v) is 13.6. The van der Waals surface area contributed by atoms with Crippen molar-refractivity contribution in [2.45, 2.75) is 13.8 Å². The highest BCUT2D eigenvalue weighted by Crippen LogP contribution is 2.36. The van der Waals surface area contributed by atoms with Crippen LogP contribution in [0.25, 0.3) is 0 Å². The van der Waals surface area contributed by atoms with Crippen molar-refractivity contribution in [3.8, 4) is 5.75 Å². The molecule has 1 aromatic carbocycles. The van der Waals surface area contributed by atoms with Crippen LogP contribution in [0.4, 0.5) is 5.69 Å². The number of hydrogen-bond donors (Lipinski definition) is 2. The lowest BCUT2D eigenvalue weighted by atomic mass is 10.1. The summed E-state index contributed by atoms with van der Waals surface area (Å²) in [4.78, 5) is 12.0. The number of carbonyl (C=O) groups excluding carboxylic acids is 1. The smallest absolute Gasteiger partial charge is 0.228 e. The van der Waals surface area contributed by atoms with Gasteiger partial charge in [-0.3, -0.25) is 4.79 Å². The zero-order chi connectivity index (χ0) is 14.4. The molecule has 0 heterocycles. The summed E-state index contributed by atoms with van der Waals surface area (Å²) in [6.07, 6.45) is 0. The molecule has 106 valence electrons. The van der Waals surface area contributed by atoms with Crippen LogP contribution in [0, 0.1) is 5.92 Å². The van der Waals surface area contributed by atoms with E-state index in [9.17, 15) is 4.79 Å². The molecule has 6 heteroatoms. The Bertz CT molecular complexity index is 455. The minimum absolute atomic E-state index is 0.0755. The largest absolute Gasteiger partial charge is 0.493 e. The molecule has 1 unspecified atom stereocenters. The van der Waals surface area contributed by atoms with Crippen LogP contribution in [0.2, 0.25) is 5.02 Å². The summed E-state index contributed by atoms with van der Waals surface area (Å²) in [6.45, 7) is 5.34. The highest BCUT2D eigenvalue weighted by molar-refractivity contribution is 9.10. The standard InChI is InChI=1S/C13H18BrClN2O2/c1-4-16-7-8(2)13(18)17-11-6-9(15)5-10(14)12(11)19-3/h5-6,8,16H,4,7H2,1-3H3,(H,17,18). The van der Waals surface area contributed by atoms with Gasteiger partial charge in [0.05, 0.1) is 17.3 Å². The summed E-state index contributed by atoms with van der Waals surface area (Å²) < 4.78 is 5.96. The summed E-state index contributed by atoms with van der Waals surface area (Å²) in [5, 5.41) is 6.50. The van der Waals surface area contributed by atoms with Gasteiger partial charge in [-0.05, 0) is 34.6 Å². The molecule has 0 saturated heterocycles. The molecule has 0 spiro atoms. The molecular weight excluding hydrogens is 332 g/mol. The molecule has 1 atom stereocenters. The van der Waals surface area contributed by atoms with E-state index in [0.717, 1.165) is 6.54 Å². The number of nitrogens with one attached hydrogen (secondary N) is 2. The second kappa shape index (κ2) is 7.72. The van der Waals surface area contributed by atoms with Crippen molar-refractivity contribution in [3.05, 3.63) is 21.6 Å². The van der Waals surface area contributed by atoms with Crippen LogP contribution in [-0.2, 0) is 4.79 Å². The predicted molar refractivity (Wildman–Crippen MR) is 82.0 cm³/mol. The van der Waals surface area contributed by atoms with Gasteiger partial charge in [-0.25, -0.2) is 0 Å². The Hall–Kier alpha value is -0.780. The van der Waals surface area contributed by atoms with Crippen LogP contribution in [-0.4, -0.2) is 26.1 Å². The topological polar surface area (TPSA) is 50.4 Å². The van der Waals surface area contributed by atoms with E-state index in [0.29, 0.717) is 27.5 Å². The van der Waals surface area contributed by atoms with Crippen molar-refractivity contribution in [1.29, 1.82) is 0 Å². The molecule has 0 aliphatic rings. The first-order valence-corrected chi connectivity index (χ1v) is 7.21. The maximum Gasteiger partial charge on any atom is 0.228 e. The summed E-state index contributed by atoms with van der Waals surface area (Å²) in [7, 11) is 1.55. The molecule has 0 fully saturated rings. The van der Waals surface area contributed by atoms with E-state index in [4.69, 9.17) is 16.3 Å². The molecule has 0 aliphatic carbocycles. The van der Waals surface area contributed by atoms with Gasteiger partial charge in [-0.2, -0.15) is 0 Å². The molecule has 0 aromatic heterocycles. The third-order valence-corrected chi connectivity index (χ3v) is 3.43. The van der Waals surface area contributed by atoms with Crippen LogP contribution >= 0.6 is 27.5 Å². The second-order valence-corrected chi connectivity index (χ2v) is 5.46. The minimum Gasteiger partial charge on any atom is -0.493 e. The third-order valence-electron chi connectivity index (χ3n) is 2.62. The quantitative estimate of drug-likeness (QED) is 0.828. The lowest BCUT2D eigenvalue weighted by Crippen LogP contribution is -2.30. The first kappa shape index (κ1) is 16.3. The number of rotatable bonds is 6. The Morgan fingerprint density at radius 1 is 1.53 bits per heavy atom. The van der Waals surface area contributed by atoms with Gasteiger partial charge in [0.2, 0.25) is 5.91 Å². The number of halogens is 2. The van der Waals surface area contributed by atoms with Gasteiger partial charge >= 0.3 is 0 Å². The van der Waals surface area contributed by atoms with Gasteiger partial charge in [-0.1, -0.05) is 25.4 Å². The number of benzene rings is 1. The molecular formula is C13H18BrClN2O2. The highest BCUT2D eigenvalue weighted by Gasteiger charge is 2.16. The SMILES string of the molecule is CCNCC(C)C(=O)Nc1cc(Cl)cc(Br)c1OC. The Morgan fingerprint density at radius 2 is 2.21 bits per heavy atom. The first-order chi connectivity index (χ1) is 8.99. The Kier molecular flexibility index (Phi) is 6.62. The molecule has 0 aliphatic heterocycles. The fraction of sp³-hybridized carbons (Fsp3) is 0.462. The Morgan fingerprint density at radius 3 is 2.79 bits per heavy atom. The average Bonchev–Trinajstić information content (AvgIpc) is 2.35. The number of carbonyl (C=O) groups is 1. The summed E-state index contributed by atoms with van der Waals surface area (Å²) in [5.74, 6) is 0.351. The second-order valence-electron chi connectivity index (χ2n) is 4.17. The van der Waals surface area contributed by atoms with Crippen LogP contribution in [0.3, 0.4) is 0 Å². The van der Waals surface area contributed by atoms with E-state index in [1.165, 1.54) is 0 Å². The zero-order valence-electron chi connectivity index (χ0n) is 11.2. The maximum absolute atomic E-state index is 12.0.